The molecule has 2 heterocycles. The number of benzene rings is 1. The van der Waals surface area contributed by atoms with Crippen LogP contribution in [0.15, 0.2) is 46.5 Å². The maximum atomic E-state index is 12.1. The van der Waals surface area contributed by atoms with Crippen LogP contribution in [-0.2, 0) is 11.2 Å². The van der Waals surface area contributed by atoms with Crippen molar-refractivity contribution in [3.8, 4) is 16.3 Å². The second-order valence-electron chi connectivity index (χ2n) is 4.95. The van der Waals surface area contributed by atoms with Gasteiger partial charge >= 0.3 is 6.36 Å². The highest BCUT2D eigenvalue weighted by atomic mass is 32.1. The number of hydrogen-bond donors (Lipinski definition) is 1. The van der Waals surface area contributed by atoms with Gasteiger partial charge < -0.3 is 10.1 Å². The van der Waals surface area contributed by atoms with Crippen molar-refractivity contribution in [3.05, 3.63) is 52.2 Å². The minimum absolute atomic E-state index is 0.0848. The van der Waals surface area contributed by atoms with E-state index in [4.69, 9.17) is 0 Å². The van der Waals surface area contributed by atoms with Gasteiger partial charge in [0.1, 0.15) is 10.8 Å². The SMILES string of the molecule is O=C(Cc1csc(-c2ccsc2)n1)Nc1ccc(OC(F)(F)F)cc1. The Labute approximate surface area is 148 Å². The molecule has 3 rings (SSSR count). The van der Waals surface area contributed by atoms with Crippen molar-refractivity contribution >= 4 is 34.3 Å². The minimum Gasteiger partial charge on any atom is -0.406 e. The third-order valence-electron chi connectivity index (χ3n) is 3.03. The molecular weight excluding hydrogens is 373 g/mol. The molecule has 0 aliphatic heterocycles. The Morgan fingerprint density at radius 3 is 2.56 bits per heavy atom. The number of thiophene rings is 1. The van der Waals surface area contributed by atoms with Crippen LogP contribution in [0.25, 0.3) is 10.6 Å². The molecule has 3 aromatic rings. The predicted octanol–water partition coefficient (Wildman–Crippen LogP) is 4.95. The Morgan fingerprint density at radius 2 is 1.92 bits per heavy atom. The lowest BCUT2D eigenvalue weighted by atomic mass is 10.2. The van der Waals surface area contributed by atoms with Gasteiger partial charge in [-0.2, -0.15) is 11.3 Å². The fourth-order valence-corrected chi connectivity index (χ4v) is 3.55. The molecule has 1 N–H and O–H groups in total. The Hall–Kier alpha value is -2.39. The summed E-state index contributed by atoms with van der Waals surface area (Å²) in [4.78, 5) is 16.4. The summed E-state index contributed by atoms with van der Waals surface area (Å²) in [7, 11) is 0. The van der Waals surface area contributed by atoms with Crippen LogP contribution < -0.4 is 10.1 Å². The van der Waals surface area contributed by atoms with Crippen molar-refractivity contribution in [2.24, 2.45) is 0 Å². The first-order valence-electron chi connectivity index (χ1n) is 7.02. The highest BCUT2D eigenvalue weighted by Crippen LogP contribution is 2.26. The van der Waals surface area contributed by atoms with Gasteiger partial charge in [-0.15, -0.1) is 24.5 Å². The second kappa shape index (κ2) is 7.24. The summed E-state index contributed by atoms with van der Waals surface area (Å²) < 4.78 is 40.1. The molecule has 2 aromatic heterocycles. The van der Waals surface area contributed by atoms with Gasteiger partial charge in [-0.25, -0.2) is 4.98 Å². The monoisotopic (exact) mass is 384 g/mol. The van der Waals surface area contributed by atoms with Gasteiger partial charge in [0, 0.05) is 22.0 Å². The molecule has 0 saturated heterocycles. The van der Waals surface area contributed by atoms with Crippen molar-refractivity contribution < 1.29 is 22.7 Å². The number of anilines is 1. The number of aromatic nitrogens is 1. The van der Waals surface area contributed by atoms with Crippen LogP contribution in [-0.4, -0.2) is 17.3 Å². The summed E-state index contributed by atoms with van der Waals surface area (Å²) in [6.45, 7) is 0. The molecule has 0 bridgehead atoms. The van der Waals surface area contributed by atoms with Gasteiger partial charge in [-0.05, 0) is 35.7 Å². The molecule has 0 fully saturated rings. The zero-order chi connectivity index (χ0) is 17.9. The molecule has 0 radical (unpaired) electrons. The Balaban J connectivity index is 1.57. The number of rotatable bonds is 5. The predicted molar refractivity (Wildman–Crippen MR) is 90.9 cm³/mol. The topological polar surface area (TPSA) is 51.2 Å². The molecule has 25 heavy (non-hydrogen) atoms. The molecule has 1 aromatic carbocycles. The van der Waals surface area contributed by atoms with E-state index in [9.17, 15) is 18.0 Å². The van der Waals surface area contributed by atoms with Crippen molar-refractivity contribution in [2.45, 2.75) is 12.8 Å². The number of ether oxygens (including phenoxy) is 1. The second-order valence-corrected chi connectivity index (χ2v) is 6.59. The maximum absolute atomic E-state index is 12.1. The number of carbonyl (C=O) groups excluding carboxylic acids is 1. The molecule has 0 aliphatic rings. The summed E-state index contributed by atoms with van der Waals surface area (Å²) in [5.74, 6) is -0.642. The van der Waals surface area contributed by atoms with Crippen molar-refractivity contribution in [2.75, 3.05) is 5.32 Å². The Morgan fingerprint density at radius 1 is 1.16 bits per heavy atom. The van der Waals surface area contributed by atoms with E-state index in [1.54, 1.807) is 11.3 Å². The molecule has 0 saturated carbocycles. The van der Waals surface area contributed by atoms with Crippen LogP contribution in [0.1, 0.15) is 5.69 Å². The molecular formula is C16H11F3N2O2S2. The van der Waals surface area contributed by atoms with Crippen molar-refractivity contribution in [1.29, 1.82) is 0 Å². The zero-order valence-electron chi connectivity index (χ0n) is 12.5. The number of alkyl halides is 3. The molecule has 9 heteroatoms. The first-order chi connectivity index (χ1) is 11.9. The lowest BCUT2D eigenvalue weighted by molar-refractivity contribution is -0.274. The van der Waals surface area contributed by atoms with E-state index < -0.39 is 6.36 Å². The molecule has 4 nitrogen and oxygen atoms in total. The zero-order valence-corrected chi connectivity index (χ0v) is 14.2. The van der Waals surface area contributed by atoms with Crippen LogP contribution in [0.2, 0.25) is 0 Å². The van der Waals surface area contributed by atoms with Crippen LogP contribution in [0.3, 0.4) is 0 Å². The van der Waals surface area contributed by atoms with E-state index in [1.165, 1.54) is 23.5 Å². The van der Waals surface area contributed by atoms with Gasteiger partial charge in [0.2, 0.25) is 5.91 Å². The van der Waals surface area contributed by atoms with Gasteiger partial charge in [-0.1, -0.05) is 0 Å². The molecule has 0 unspecified atom stereocenters. The number of nitrogens with one attached hydrogen (secondary N) is 1. The first kappa shape index (κ1) is 17.4. The Bertz CT molecular complexity index is 843. The fraction of sp³-hybridized carbons (Fsp3) is 0.125. The van der Waals surface area contributed by atoms with E-state index in [0.717, 1.165) is 22.7 Å². The van der Waals surface area contributed by atoms with Crippen molar-refractivity contribution in [1.82, 2.24) is 4.98 Å². The third-order valence-corrected chi connectivity index (χ3v) is 4.66. The number of carbonyl (C=O) groups is 1. The highest BCUT2D eigenvalue weighted by molar-refractivity contribution is 7.14. The summed E-state index contributed by atoms with van der Waals surface area (Å²) >= 11 is 3.03. The van der Waals surface area contributed by atoms with Gasteiger partial charge in [0.15, 0.2) is 0 Å². The average Bonchev–Trinajstić information content (AvgIpc) is 3.18. The number of thiazole rings is 1. The molecule has 130 valence electrons. The van der Waals surface area contributed by atoms with Crippen molar-refractivity contribution in [3.63, 3.8) is 0 Å². The summed E-state index contributed by atoms with van der Waals surface area (Å²) in [5, 5.41) is 9.21. The quantitative estimate of drug-likeness (QED) is 0.677. The number of halogens is 3. The molecule has 0 spiro atoms. The van der Waals surface area contributed by atoms with E-state index >= 15 is 0 Å². The van der Waals surface area contributed by atoms with Gasteiger partial charge in [0.25, 0.3) is 0 Å². The van der Waals surface area contributed by atoms with Gasteiger partial charge in [-0.3, -0.25) is 4.79 Å². The van der Waals surface area contributed by atoms with E-state index in [2.05, 4.69) is 15.0 Å². The minimum atomic E-state index is -4.74. The molecule has 0 atom stereocenters. The van der Waals surface area contributed by atoms with Crippen LogP contribution in [0.4, 0.5) is 18.9 Å². The lowest BCUT2D eigenvalue weighted by Crippen LogP contribution is -2.17. The third kappa shape index (κ3) is 5.04. The number of amides is 1. The van der Waals surface area contributed by atoms with E-state index in [-0.39, 0.29) is 18.1 Å². The summed E-state index contributed by atoms with van der Waals surface area (Å²) in [6.07, 6.45) is -4.66. The first-order valence-corrected chi connectivity index (χ1v) is 8.84. The Kier molecular flexibility index (Phi) is 5.05. The van der Waals surface area contributed by atoms with Gasteiger partial charge in [0.05, 0.1) is 12.1 Å². The van der Waals surface area contributed by atoms with Crippen LogP contribution >= 0.6 is 22.7 Å². The summed E-state index contributed by atoms with van der Waals surface area (Å²) in [5.41, 5.74) is 2.04. The van der Waals surface area contributed by atoms with Crippen LogP contribution in [0.5, 0.6) is 5.75 Å². The highest BCUT2D eigenvalue weighted by Gasteiger charge is 2.30. The molecule has 1 amide bonds. The normalized spacial score (nSPS) is 11.3. The van der Waals surface area contributed by atoms with Crippen LogP contribution in [0, 0.1) is 0 Å². The standard InChI is InChI=1S/C16H11F3N2O2S2/c17-16(18,19)23-13-3-1-11(2-4-13)20-14(22)7-12-9-25-15(21-12)10-5-6-24-8-10/h1-6,8-9H,7H2,(H,20,22). The molecule has 0 aliphatic carbocycles. The van der Waals surface area contributed by atoms with E-state index in [1.807, 2.05) is 22.2 Å². The fourth-order valence-electron chi connectivity index (χ4n) is 2.02. The smallest absolute Gasteiger partial charge is 0.406 e. The summed E-state index contributed by atoms with van der Waals surface area (Å²) in [6, 6.07) is 6.92. The maximum Gasteiger partial charge on any atom is 0.573 e. The lowest BCUT2D eigenvalue weighted by Gasteiger charge is -2.09. The number of hydrogen-bond acceptors (Lipinski definition) is 5. The van der Waals surface area contributed by atoms with E-state index in [0.29, 0.717) is 11.4 Å². The average molecular weight is 384 g/mol. The largest absolute Gasteiger partial charge is 0.573 e. The number of nitrogens with zero attached hydrogens (tertiary/aromatic N) is 1.